The number of ketones is 1. The van der Waals surface area contributed by atoms with Crippen molar-refractivity contribution in [1.29, 1.82) is 0 Å². The molecule has 0 radical (unpaired) electrons. The van der Waals surface area contributed by atoms with Crippen molar-refractivity contribution in [2.75, 3.05) is 25.6 Å². The van der Waals surface area contributed by atoms with Crippen molar-refractivity contribution in [3.05, 3.63) is 72.1 Å². The van der Waals surface area contributed by atoms with Gasteiger partial charge in [-0.2, -0.15) is 5.10 Å². The van der Waals surface area contributed by atoms with E-state index in [9.17, 15) is 9.59 Å². The van der Waals surface area contributed by atoms with Gasteiger partial charge in [0.05, 0.1) is 19.4 Å². The topological polar surface area (TPSA) is 91.7 Å². The first kappa shape index (κ1) is 22.6. The highest BCUT2D eigenvalue weighted by Crippen LogP contribution is 2.29. The Morgan fingerprint density at radius 1 is 1.06 bits per heavy atom. The summed E-state index contributed by atoms with van der Waals surface area (Å²) in [6.07, 6.45) is 4.84. The van der Waals surface area contributed by atoms with E-state index in [1.807, 2.05) is 13.0 Å². The van der Waals surface area contributed by atoms with Crippen molar-refractivity contribution >= 4 is 23.5 Å². The molecule has 1 N–H and O–H groups in total. The largest absolute Gasteiger partial charge is 0.495 e. The molecular weight excluding hydrogens is 410 g/mol. The lowest BCUT2D eigenvalue weighted by molar-refractivity contribution is -0.118. The SMILES string of the molecule is CCOc1cc(/C=C/C(=O)c2ccn(C)n2)ccc1OCC(=O)Nc1ccccc1OC. The van der Waals surface area contributed by atoms with Crippen LogP contribution in [0.3, 0.4) is 0 Å². The van der Waals surface area contributed by atoms with Crippen LogP contribution in [0.2, 0.25) is 0 Å². The number of hydrogen-bond acceptors (Lipinski definition) is 6. The zero-order valence-electron chi connectivity index (χ0n) is 18.2. The monoisotopic (exact) mass is 435 g/mol. The minimum atomic E-state index is -0.332. The molecule has 3 aromatic rings. The summed E-state index contributed by atoms with van der Waals surface area (Å²) in [7, 11) is 3.29. The average Bonchev–Trinajstić information content (AvgIpc) is 3.24. The van der Waals surface area contributed by atoms with Crippen molar-refractivity contribution in [2.45, 2.75) is 6.92 Å². The highest BCUT2D eigenvalue weighted by molar-refractivity contribution is 6.05. The Bertz CT molecular complexity index is 1120. The predicted octanol–water partition coefficient (Wildman–Crippen LogP) is 3.74. The fourth-order valence-corrected chi connectivity index (χ4v) is 2.90. The summed E-state index contributed by atoms with van der Waals surface area (Å²) in [5.41, 5.74) is 1.69. The third kappa shape index (κ3) is 5.98. The summed E-state index contributed by atoms with van der Waals surface area (Å²) >= 11 is 0. The van der Waals surface area contributed by atoms with Crippen LogP contribution in [-0.2, 0) is 11.8 Å². The standard InChI is InChI=1S/C24H25N3O5/c1-4-31-23-15-17(9-11-20(28)18-13-14-27(2)26-18)10-12-22(23)32-16-24(29)25-19-7-5-6-8-21(19)30-3/h5-15H,4,16H2,1-3H3,(H,25,29)/b11-9+. The number of ether oxygens (including phenoxy) is 3. The van der Waals surface area contributed by atoms with Crippen molar-refractivity contribution in [2.24, 2.45) is 7.05 Å². The van der Waals surface area contributed by atoms with E-state index < -0.39 is 0 Å². The number of carbonyl (C=O) groups excluding carboxylic acids is 2. The van der Waals surface area contributed by atoms with E-state index in [0.717, 1.165) is 5.56 Å². The number of nitrogens with one attached hydrogen (secondary N) is 1. The van der Waals surface area contributed by atoms with Crippen LogP contribution in [0, 0.1) is 0 Å². The molecule has 8 nitrogen and oxygen atoms in total. The Morgan fingerprint density at radius 3 is 2.59 bits per heavy atom. The maximum absolute atomic E-state index is 12.3. The van der Waals surface area contributed by atoms with Gasteiger partial charge in [0.2, 0.25) is 5.78 Å². The second kappa shape index (κ2) is 10.8. The van der Waals surface area contributed by atoms with Crippen LogP contribution in [-0.4, -0.2) is 41.8 Å². The molecule has 0 spiro atoms. The predicted molar refractivity (Wildman–Crippen MR) is 121 cm³/mol. The molecule has 0 saturated carbocycles. The summed E-state index contributed by atoms with van der Waals surface area (Å²) < 4.78 is 18.1. The average molecular weight is 435 g/mol. The molecule has 1 aromatic heterocycles. The molecule has 2 aromatic carbocycles. The van der Waals surface area contributed by atoms with E-state index in [0.29, 0.717) is 35.2 Å². The van der Waals surface area contributed by atoms with Gasteiger partial charge in [0.25, 0.3) is 5.91 Å². The van der Waals surface area contributed by atoms with Crippen LogP contribution in [0.25, 0.3) is 6.08 Å². The number of nitrogens with zero attached hydrogens (tertiary/aromatic N) is 2. The lowest BCUT2D eigenvalue weighted by Crippen LogP contribution is -2.20. The maximum Gasteiger partial charge on any atom is 0.262 e. The van der Waals surface area contributed by atoms with Gasteiger partial charge in [0.15, 0.2) is 18.1 Å². The third-order valence-electron chi connectivity index (χ3n) is 4.40. The normalized spacial score (nSPS) is 10.7. The van der Waals surface area contributed by atoms with Gasteiger partial charge in [0, 0.05) is 13.2 Å². The quantitative estimate of drug-likeness (QED) is 0.385. The molecule has 0 saturated heterocycles. The molecule has 0 unspecified atom stereocenters. The molecule has 8 heteroatoms. The highest BCUT2D eigenvalue weighted by atomic mass is 16.5. The second-order valence-electron chi connectivity index (χ2n) is 6.75. The highest BCUT2D eigenvalue weighted by Gasteiger charge is 2.11. The van der Waals surface area contributed by atoms with E-state index in [2.05, 4.69) is 10.4 Å². The summed E-state index contributed by atoms with van der Waals surface area (Å²) in [6, 6.07) is 14.0. The number of rotatable bonds is 10. The van der Waals surface area contributed by atoms with Gasteiger partial charge in [-0.3, -0.25) is 14.3 Å². The minimum Gasteiger partial charge on any atom is -0.495 e. The molecule has 0 atom stereocenters. The van der Waals surface area contributed by atoms with Crippen molar-refractivity contribution in [3.8, 4) is 17.2 Å². The smallest absolute Gasteiger partial charge is 0.262 e. The van der Waals surface area contributed by atoms with Crippen LogP contribution in [0.5, 0.6) is 17.2 Å². The Balaban J connectivity index is 1.65. The zero-order valence-corrected chi connectivity index (χ0v) is 18.2. The number of benzene rings is 2. The fraction of sp³-hybridized carbons (Fsp3) is 0.208. The number of aryl methyl sites for hydroxylation is 1. The number of amides is 1. The Kier molecular flexibility index (Phi) is 7.64. The molecule has 0 aliphatic heterocycles. The summed E-state index contributed by atoms with van der Waals surface area (Å²) in [6.45, 7) is 2.07. The van der Waals surface area contributed by atoms with Crippen LogP contribution in [0.4, 0.5) is 5.69 Å². The number of methoxy groups -OCH3 is 1. The van der Waals surface area contributed by atoms with Crippen LogP contribution < -0.4 is 19.5 Å². The molecule has 0 aliphatic carbocycles. The van der Waals surface area contributed by atoms with Gasteiger partial charge in [-0.15, -0.1) is 0 Å². The number of para-hydroxylation sites is 2. The van der Waals surface area contributed by atoms with Crippen LogP contribution in [0.15, 0.2) is 60.8 Å². The van der Waals surface area contributed by atoms with Gasteiger partial charge in [0.1, 0.15) is 11.4 Å². The number of hydrogen-bond donors (Lipinski definition) is 1. The van der Waals surface area contributed by atoms with E-state index in [4.69, 9.17) is 14.2 Å². The molecule has 0 bridgehead atoms. The summed E-state index contributed by atoms with van der Waals surface area (Å²) in [4.78, 5) is 24.5. The summed E-state index contributed by atoms with van der Waals surface area (Å²) in [5, 5.41) is 6.85. The number of carbonyl (C=O) groups is 2. The molecule has 166 valence electrons. The van der Waals surface area contributed by atoms with Gasteiger partial charge >= 0.3 is 0 Å². The molecular formula is C24H25N3O5. The van der Waals surface area contributed by atoms with Crippen molar-refractivity contribution in [3.63, 3.8) is 0 Å². The number of anilines is 1. The van der Waals surface area contributed by atoms with Crippen molar-refractivity contribution < 1.29 is 23.8 Å². The van der Waals surface area contributed by atoms with E-state index in [1.54, 1.807) is 66.5 Å². The van der Waals surface area contributed by atoms with E-state index >= 15 is 0 Å². The second-order valence-corrected chi connectivity index (χ2v) is 6.75. The van der Waals surface area contributed by atoms with Crippen LogP contribution >= 0.6 is 0 Å². The Morgan fingerprint density at radius 2 is 1.88 bits per heavy atom. The lowest BCUT2D eigenvalue weighted by atomic mass is 10.1. The lowest BCUT2D eigenvalue weighted by Gasteiger charge is -2.13. The molecule has 0 fully saturated rings. The maximum atomic E-state index is 12.3. The number of aromatic nitrogens is 2. The first-order valence-corrected chi connectivity index (χ1v) is 10.0. The summed E-state index contributed by atoms with van der Waals surface area (Å²) in [5.74, 6) is 0.936. The van der Waals surface area contributed by atoms with Gasteiger partial charge in [-0.1, -0.05) is 24.3 Å². The van der Waals surface area contributed by atoms with E-state index in [1.165, 1.54) is 13.2 Å². The van der Waals surface area contributed by atoms with Gasteiger partial charge in [-0.25, -0.2) is 0 Å². The number of allylic oxidation sites excluding steroid dienone is 1. The minimum absolute atomic E-state index is 0.197. The van der Waals surface area contributed by atoms with Crippen molar-refractivity contribution in [1.82, 2.24) is 9.78 Å². The Labute approximate surface area is 186 Å². The zero-order chi connectivity index (χ0) is 22.9. The molecule has 32 heavy (non-hydrogen) atoms. The van der Waals surface area contributed by atoms with Crippen LogP contribution in [0.1, 0.15) is 23.0 Å². The fourth-order valence-electron chi connectivity index (χ4n) is 2.90. The Hall–Kier alpha value is -4.07. The first-order chi connectivity index (χ1) is 15.5. The molecule has 1 heterocycles. The first-order valence-electron chi connectivity index (χ1n) is 10.0. The third-order valence-corrected chi connectivity index (χ3v) is 4.40. The van der Waals surface area contributed by atoms with Gasteiger partial charge < -0.3 is 19.5 Å². The molecule has 1 amide bonds. The van der Waals surface area contributed by atoms with E-state index in [-0.39, 0.29) is 18.3 Å². The molecule has 3 rings (SSSR count). The van der Waals surface area contributed by atoms with Gasteiger partial charge in [-0.05, 0) is 48.9 Å². The molecule has 0 aliphatic rings.